The Hall–Kier alpha value is -2.70. The van der Waals surface area contributed by atoms with Crippen LogP contribution in [0, 0.1) is 12.7 Å². The molecule has 0 radical (unpaired) electrons. The van der Waals surface area contributed by atoms with Crippen LogP contribution in [0.5, 0.6) is 5.75 Å². The molecule has 4 rings (SSSR count). The number of halogens is 2. The first-order chi connectivity index (χ1) is 14.0. The fourth-order valence-electron chi connectivity index (χ4n) is 3.15. The third-order valence-corrected chi connectivity index (χ3v) is 6.10. The standard InChI is InChI=1S/C22H19ClFN3OS/c1-4-28-15-8-5-7-14(12-15)18-11-13(2)20(29-18)22-25-21(26-27(22)3)19-16(23)9-6-10-17(19)24/h5-12H,4H2,1-3H3. The predicted octanol–water partition coefficient (Wildman–Crippen LogP) is 6.38. The summed E-state index contributed by atoms with van der Waals surface area (Å²) in [6.45, 7) is 4.62. The SMILES string of the molecule is CCOc1cccc(-c2cc(C)c(-c3nc(-c4c(F)cccc4Cl)nn3C)s2)c1. The van der Waals surface area contributed by atoms with E-state index in [4.69, 9.17) is 16.3 Å². The van der Waals surface area contributed by atoms with E-state index < -0.39 is 5.82 Å². The Bertz CT molecular complexity index is 1160. The van der Waals surface area contributed by atoms with Crippen LogP contribution >= 0.6 is 22.9 Å². The Morgan fingerprint density at radius 2 is 1.97 bits per heavy atom. The smallest absolute Gasteiger partial charge is 0.186 e. The topological polar surface area (TPSA) is 39.9 Å². The summed E-state index contributed by atoms with van der Waals surface area (Å²) in [5, 5.41) is 4.70. The molecule has 0 aliphatic rings. The molecular weight excluding hydrogens is 409 g/mol. The Morgan fingerprint density at radius 3 is 2.72 bits per heavy atom. The van der Waals surface area contributed by atoms with Gasteiger partial charge in [-0.25, -0.2) is 14.1 Å². The van der Waals surface area contributed by atoms with Crippen LogP contribution in [0.3, 0.4) is 0 Å². The fourth-order valence-corrected chi connectivity index (χ4v) is 4.59. The Balaban J connectivity index is 1.76. The van der Waals surface area contributed by atoms with Crippen molar-refractivity contribution in [1.82, 2.24) is 14.8 Å². The molecule has 2 aromatic heterocycles. The van der Waals surface area contributed by atoms with E-state index in [1.54, 1.807) is 35.2 Å². The van der Waals surface area contributed by atoms with Crippen molar-refractivity contribution in [3.8, 4) is 38.3 Å². The number of benzene rings is 2. The molecule has 0 bridgehead atoms. The van der Waals surface area contributed by atoms with Gasteiger partial charge in [0.05, 0.1) is 22.1 Å². The zero-order valence-electron chi connectivity index (χ0n) is 16.2. The molecule has 0 aliphatic heterocycles. The molecule has 29 heavy (non-hydrogen) atoms. The lowest BCUT2D eigenvalue weighted by atomic mass is 10.1. The van der Waals surface area contributed by atoms with E-state index in [0.717, 1.165) is 26.6 Å². The van der Waals surface area contributed by atoms with E-state index in [9.17, 15) is 4.39 Å². The second-order valence-corrected chi connectivity index (χ2v) is 8.02. The number of rotatable bonds is 5. The number of hydrogen-bond acceptors (Lipinski definition) is 4. The van der Waals surface area contributed by atoms with Crippen LogP contribution in [0.15, 0.2) is 48.5 Å². The van der Waals surface area contributed by atoms with Crippen LogP contribution in [0.1, 0.15) is 12.5 Å². The van der Waals surface area contributed by atoms with Gasteiger partial charge in [0.25, 0.3) is 0 Å². The number of nitrogens with zero attached hydrogens (tertiary/aromatic N) is 3. The summed E-state index contributed by atoms with van der Waals surface area (Å²) in [5.74, 6) is 1.35. The lowest BCUT2D eigenvalue weighted by Gasteiger charge is -2.04. The number of ether oxygens (including phenoxy) is 1. The van der Waals surface area contributed by atoms with Crippen molar-refractivity contribution < 1.29 is 9.13 Å². The molecule has 2 heterocycles. The first-order valence-electron chi connectivity index (χ1n) is 9.17. The second-order valence-electron chi connectivity index (χ2n) is 6.56. The van der Waals surface area contributed by atoms with Crippen molar-refractivity contribution in [3.05, 3.63) is 64.9 Å². The predicted molar refractivity (Wildman–Crippen MR) is 116 cm³/mol. The number of hydrogen-bond donors (Lipinski definition) is 0. The van der Waals surface area contributed by atoms with Gasteiger partial charge in [-0.05, 0) is 55.3 Å². The number of thiophene rings is 1. The summed E-state index contributed by atoms with van der Waals surface area (Å²) in [7, 11) is 1.80. The summed E-state index contributed by atoms with van der Waals surface area (Å²) in [6, 6.07) is 14.7. The van der Waals surface area contributed by atoms with E-state index in [0.29, 0.717) is 17.5 Å². The Morgan fingerprint density at radius 1 is 1.17 bits per heavy atom. The van der Waals surface area contributed by atoms with Crippen LogP contribution in [-0.4, -0.2) is 21.4 Å². The van der Waals surface area contributed by atoms with Gasteiger partial charge in [-0.15, -0.1) is 11.3 Å². The van der Waals surface area contributed by atoms with Gasteiger partial charge >= 0.3 is 0 Å². The third kappa shape index (κ3) is 3.78. The molecule has 7 heteroatoms. The minimum atomic E-state index is -0.439. The highest BCUT2D eigenvalue weighted by atomic mass is 35.5. The van der Waals surface area contributed by atoms with Crippen LogP contribution in [0.4, 0.5) is 4.39 Å². The summed E-state index contributed by atoms with van der Waals surface area (Å²) in [5.41, 5.74) is 2.37. The maximum atomic E-state index is 14.3. The molecule has 0 spiro atoms. The van der Waals surface area contributed by atoms with Crippen molar-refractivity contribution in [2.45, 2.75) is 13.8 Å². The molecule has 2 aromatic carbocycles. The molecule has 0 saturated heterocycles. The minimum Gasteiger partial charge on any atom is -0.494 e. The lowest BCUT2D eigenvalue weighted by Crippen LogP contribution is -1.94. The summed E-state index contributed by atoms with van der Waals surface area (Å²) >= 11 is 7.81. The lowest BCUT2D eigenvalue weighted by molar-refractivity contribution is 0.340. The van der Waals surface area contributed by atoms with E-state index in [-0.39, 0.29) is 11.4 Å². The van der Waals surface area contributed by atoms with E-state index in [2.05, 4.69) is 22.2 Å². The van der Waals surface area contributed by atoms with Crippen molar-refractivity contribution in [3.63, 3.8) is 0 Å². The second kappa shape index (κ2) is 7.97. The highest BCUT2D eigenvalue weighted by Gasteiger charge is 2.20. The highest BCUT2D eigenvalue weighted by molar-refractivity contribution is 7.19. The molecule has 0 unspecified atom stereocenters. The van der Waals surface area contributed by atoms with E-state index >= 15 is 0 Å². The molecular formula is C22H19ClFN3OS. The molecule has 0 fully saturated rings. The minimum absolute atomic E-state index is 0.217. The molecule has 0 amide bonds. The summed E-state index contributed by atoms with van der Waals surface area (Å²) < 4.78 is 21.6. The maximum absolute atomic E-state index is 14.3. The fraction of sp³-hybridized carbons (Fsp3) is 0.182. The van der Waals surface area contributed by atoms with E-state index in [1.807, 2.05) is 32.0 Å². The highest BCUT2D eigenvalue weighted by Crippen LogP contribution is 2.39. The first kappa shape index (κ1) is 19.6. The molecule has 0 atom stereocenters. The van der Waals surface area contributed by atoms with Gasteiger partial charge in [0.1, 0.15) is 11.6 Å². The summed E-state index contributed by atoms with van der Waals surface area (Å²) in [4.78, 5) is 6.69. The van der Waals surface area contributed by atoms with Crippen molar-refractivity contribution in [2.75, 3.05) is 6.61 Å². The van der Waals surface area contributed by atoms with Crippen LogP contribution in [-0.2, 0) is 7.05 Å². The van der Waals surface area contributed by atoms with Gasteiger partial charge in [0.15, 0.2) is 11.6 Å². The zero-order valence-corrected chi connectivity index (χ0v) is 17.8. The van der Waals surface area contributed by atoms with Gasteiger partial charge in [-0.1, -0.05) is 29.8 Å². The van der Waals surface area contributed by atoms with Gasteiger partial charge in [-0.2, -0.15) is 5.10 Å². The third-order valence-electron chi connectivity index (χ3n) is 4.50. The molecule has 0 saturated carbocycles. The van der Waals surface area contributed by atoms with Crippen molar-refractivity contribution >= 4 is 22.9 Å². The average Bonchev–Trinajstić information content (AvgIpc) is 3.25. The average molecular weight is 428 g/mol. The zero-order chi connectivity index (χ0) is 20.5. The molecule has 0 aliphatic carbocycles. The van der Waals surface area contributed by atoms with Crippen LogP contribution < -0.4 is 4.74 Å². The number of aromatic nitrogens is 3. The van der Waals surface area contributed by atoms with Gasteiger partial charge in [0, 0.05) is 11.9 Å². The largest absolute Gasteiger partial charge is 0.494 e. The molecule has 148 valence electrons. The van der Waals surface area contributed by atoms with Crippen LogP contribution in [0.25, 0.3) is 32.5 Å². The quantitative estimate of drug-likeness (QED) is 0.371. The van der Waals surface area contributed by atoms with Gasteiger partial charge < -0.3 is 4.74 Å². The summed E-state index contributed by atoms with van der Waals surface area (Å²) in [6.07, 6.45) is 0. The molecule has 4 nitrogen and oxygen atoms in total. The molecule has 4 aromatic rings. The Kier molecular flexibility index (Phi) is 5.39. The van der Waals surface area contributed by atoms with Gasteiger partial charge in [0.2, 0.25) is 0 Å². The molecule has 0 N–H and O–H groups in total. The first-order valence-corrected chi connectivity index (χ1v) is 10.4. The maximum Gasteiger partial charge on any atom is 0.186 e. The number of aryl methyl sites for hydroxylation is 2. The van der Waals surface area contributed by atoms with Crippen molar-refractivity contribution in [1.29, 1.82) is 0 Å². The normalized spacial score (nSPS) is 11.1. The van der Waals surface area contributed by atoms with Gasteiger partial charge in [-0.3, -0.25) is 0 Å². The monoisotopic (exact) mass is 427 g/mol. The van der Waals surface area contributed by atoms with E-state index in [1.165, 1.54) is 6.07 Å². The van der Waals surface area contributed by atoms with Crippen LogP contribution in [0.2, 0.25) is 5.02 Å². The Labute approximate surface area is 177 Å². The van der Waals surface area contributed by atoms with Crippen molar-refractivity contribution in [2.24, 2.45) is 7.05 Å².